The van der Waals surface area contributed by atoms with E-state index in [-0.39, 0.29) is 29.5 Å². The minimum Gasteiger partial charge on any atom is -0.459 e. The third-order valence-electron chi connectivity index (χ3n) is 6.07. The maximum absolute atomic E-state index is 13.2. The minimum absolute atomic E-state index is 0.0542. The van der Waals surface area contributed by atoms with Crippen LogP contribution in [0.5, 0.6) is 0 Å². The van der Waals surface area contributed by atoms with E-state index >= 15 is 0 Å². The highest BCUT2D eigenvalue weighted by Crippen LogP contribution is 2.38. The lowest BCUT2D eigenvalue weighted by atomic mass is 9.95. The summed E-state index contributed by atoms with van der Waals surface area (Å²) in [5.41, 5.74) is 9.78. The molecule has 0 saturated carbocycles. The van der Waals surface area contributed by atoms with Crippen molar-refractivity contribution in [1.29, 1.82) is 0 Å². The number of hydrogen-bond acceptors (Lipinski definition) is 5. The molecular weight excluding hydrogens is 416 g/mol. The van der Waals surface area contributed by atoms with Gasteiger partial charge in [0.15, 0.2) is 5.76 Å². The number of rotatable bonds is 7. The largest absolute Gasteiger partial charge is 0.459 e. The van der Waals surface area contributed by atoms with Crippen molar-refractivity contribution in [3.8, 4) is 0 Å². The van der Waals surface area contributed by atoms with E-state index in [1.807, 2.05) is 43.3 Å². The summed E-state index contributed by atoms with van der Waals surface area (Å²) in [5, 5.41) is 3.48. The Bertz CT molecular complexity index is 1100. The molecule has 0 bridgehead atoms. The predicted molar refractivity (Wildman–Crippen MR) is 129 cm³/mol. The predicted octanol–water partition coefficient (Wildman–Crippen LogP) is 3.51. The van der Waals surface area contributed by atoms with Crippen molar-refractivity contribution >= 4 is 23.2 Å². The van der Waals surface area contributed by atoms with E-state index in [1.165, 1.54) is 11.8 Å². The number of nitrogens with zero attached hydrogens (tertiary/aromatic N) is 2. The van der Waals surface area contributed by atoms with Crippen LogP contribution in [-0.2, 0) is 11.3 Å². The number of amides is 2. The van der Waals surface area contributed by atoms with Crippen molar-refractivity contribution < 1.29 is 14.0 Å². The van der Waals surface area contributed by atoms with Crippen LogP contribution in [0.15, 0.2) is 71.3 Å². The van der Waals surface area contributed by atoms with Gasteiger partial charge in [-0.3, -0.25) is 9.59 Å². The van der Waals surface area contributed by atoms with Gasteiger partial charge in [0.2, 0.25) is 5.91 Å². The number of nitrogens with one attached hydrogen (secondary N) is 1. The zero-order chi connectivity index (χ0) is 23.4. The summed E-state index contributed by atoms with van der Waals surface area (Å²) < 4.78 is 5.37. The molecule has 7 nitrogen and oxygen atoms in total. The normalized spacial score (nSPS) is 16.4. The van der Waals surface area contributed by atoms with Crippen molar-refractivity contribution in [3.63, 3.8) is 0 Å². The van der Waals surface area contributed by atoms with Crippen LogP contribution in [0.3, 0.4) is 0 Å². The first-order valence-electron chi connectivity index (χ1n) is 11.2. The van der Waals surface area contributed by atoms with Gasteiger partial charge in [0, 0.05) is 39.0 Å². The van der Waals surface area contributed by atoms with Gasteiger partial charge in [0.1, 0.15) is 0 Å². The van der Waals surface area contributed by atoms with Crippen LogP contribution in [0.25, 0.3) is 0 Å². The molecule has 0 radical (unpaired) electrons. The van der Waals surface area contributed by atoms with Gasteiger partial charge in [0.25, 0.3) is 5.91 Å². The summed E-state index contributed by atoms with van der Waals surface area (Å²) in [6.07, 6.45) is 1.49. The molecule has 0 fully saturated rings. The molecule has 4 rings (SSSR count). The molecule has 2 atom stereocenters. The zero-order valence-corrected chi connectivity index (χ0v) is 19.0. The van der Waals surface area contributed by atoms with Crippen LogP contribution in [0.4, 0.5) is 11.4 Å². The van der Waals surface area contributed by atoms with Crippen molar-refractivity contribution in [1.82, 2.24) is 5.32 Å². The Labute approximate surface area is 194 Å². The number of anilines is 2. The molecular formula is C26H30N4O3. The first kappa shape index (κ1) is 22.8. The molecule has 3 aromatic rings. The molecule has 0 saturated heterocycles. The molecule has 33 heavy (non-hydrogen) atoms. The third-order valence-corrected chi connectivity index (χ3v) is 6.07. The summed E-state index contributed by atoms with van der Waals surface area (Å²) in [6, 6.07) is 19.3. The molecule has 2 aromatic carbocycles. The van der Waals surface area contributed by atoms with E-state index in [0.29, 0.717) is 25.3 Å². The highest BCUT2D eigenvalue weighted by molar-refractivity contribution is 6.09. The van der Waals surface area contributed by atoms with E-state index < -0.39 is 0 Å². The fourth-order valence-electron chi connectivity index (χ4n) is 4.43. The second-order valence-corrected chi connectivity index (χ2v) is 8.43. The number of carbonyl (C=O) groups excluding carboxylic acids is 2. The molecule has 0 spiro atoms. The van der Waals surface area contributed by atoms with Crippen LogP contribution < -0.4 is 20.9 Å². The van der Waals surface area contributed by atoms with E-state index in [9.17, 15) is 9.59 Å². The molecule has 7 heteroatoms. The number of carbonyl (C=O) groups is 2. The van der Waals surface area contributed by atoms with Gasteiger partial charge in [-0.1, -0.05) is 36.4 Å². The number of furan rings is 1. The van der Waals surface area contributed by atoms with Crippen molar-refractivity contribution in [2.75, 3.05) is 29.4 Å². The van der Waals surface area contributed by atoms with Crippen LogP contribution in [0, 0.1) is 0 Å². The Kier molecular flexibility index (Phi) is 6.91. The summed E-state index contributed by atoms with van der Waals surface area (Å²) >= 11 is 0. The van der Waals surface area contributed by atoms with Crippen molar-refractivity contribution in [2.24, 2.45) is 5.73 Å². The monoisotopic (exact) mass is 446 g/mol. The van der Waals surface area contributed by atoms with E-state index in [1.54, 1.807) is 28.9 Å². The number of hydrogen-bond donors (Lipinski definition) is 2. The van der Waals surface area contributed by atoms with Crippen LogP contribution >= 0.6 is 0 Å². The number of fused-ring (bicyclic) bond motifs is 1. The number of nitrogens with two attached hydrogens (primary N) is 1. The quantitative estimate of drug-likeness (QED) is 0.579. The standard InChI is InChI=1S/C26H30N4O3/c1-18-17-29(26(32)25-9-6-12-33-25)24-13-21(10-11-23(24)30(18)19(2)31)22(14-27)16-28-15-20-7-4-3-5-8-20/h3-13,18,22,28H,14-17,27H2,1-2H3/t18-,22?/m0/s1. The molecule has 1 aromatic heterocycles. The first-order valence-corrected chi connectivity index (χ1v) is 11.2. The summed E-state index contributed by atoms with van der Waals surface area (Å²) in [7, 11) is 0. The van der Waals surface area contributed by atoms with Gasteiger partial charge in [-0.15, -0.1) is 0 Å². The van der Waals surface area contributed by atoms with Crippen LogP contribution in [-0.4, -0.2) is 37.5 Å². The molecule has 3 N–H and O–H groups in total. The van der Waals surface area contributed by atoms with E-state index in [4.69, 9.17) is 10.2 Å². The minimum atomic E-state index is -0.222. The second kappa shape index (κ2) is 10.0. The van der Waals surface area contributed by atoms with E-state index in [0.717, 1.165) is 17.8 Å². The third kappa shape index (κ3) is 4.84. The average Bonchev–Trinajstić information content (AvgIpc) is 3.36. The molecule has 0 aliphatic carbocycles. The van der Waals surface area contributed by atoms with Crippen LogP contribution in [0.1, 0.15) is 41.4 Å². The molecule has 1 unspecified atom stereocenters. The molecule has 2 heterocycles. The van der Waals surface area contributed by atoms with Gasteiger partial charge in [0.05, 0.1) is 23.7 Å². The lowest BCUT2D eigenvalue weighted by Gasteiger charge is -2.41. The second-order valence-electron chi connectivity index (χ2n) is 8.43. The number of benzene rings is 2. The summed E-state index contributed by atoms with van der Waals surface area (Å²) in [6.45, 7) is 5.78. The van der Waals surface area contributed by atoms with Crippen molar-refractivity contribution in [3.05, 3.63) is 83.8 Å². The lowest BCUT2D eigenvalue weighted by Crippen LogP contribution is -2.51. The summed E-state index contributed by atoms with van der Waals surface area (Å²) in [4.78, 5) is 29.1. The van der Waals surface area contributed by atoms with Gasteiger partial charge in [-0.2, -0.15) is 0 Å². The SMILES string of the molecule is CC(=O)N1c2ccc(C(CN)CNCc3ccccc3)cc2N(C(=O)c2ccco2)C[C@@H]1C. The Morgan fingerprint density at radius 2 is 1.91 bits per heavy atom. The Hall–Kier alpha value is -3.42. The molecule has 172 valence electrons. The smallest absolute Gasteiger partial charge is 0.294 e. The fourth-order valence-corrected chi connectivity index (χ4v) is 4.43. The Morgan fingerprint density at radius 3 is 2.58 bits per heavy atom. The topological polar surface area (TPSA) is 91.8 Å². The maximum atomic E-state index is 13.2. The first-order chi connectivity index (χ1) is 16.0. The van der Waals surface area contributed by atoms with Gasteiger partial charge < -0.3 is 25.3 Å². The average molecular weight is 447 g/mol. The van der Waals surface area contributed by atoms with Crippen LogP contribution in [0.2, 0.25) is 0 Å². The fraction of sp³-hybridized carbons (Fsp3) is 0.308. The zero-order valence-electron chi connectivity index (χ0n) is 19.0. The van der Waals surface area contributed by atoms with Gasteiger partial charge in [-0.05, 0) is 42.3 Å². The van der Waals surface area contributed by atoms with Gasteiger partial charge in [-0.25, -0.2) is 0 Å². The molecule has 1 aliphatic rings. The molecule has 1 aliphatic heterocycles. The van der Waals surface area contributed by atoms with Gasteiger partial charge >= 0.3 is 0 Å². The Morgan fingerprint density at radius 1 is 1.12 bits per heavy atom. The Balaban J connectivity index is 1.62. The summed E-state index contributed by atoms with van der Waals surface area (Å²) in [5.74, 6) is 0.0564. The maximum Gasteiger partial charge on any atom is 0.294 e. The molecule has 2 amide bonds. The highest BCUT2D eigenvalue weighted by atomic mass is 16.3. The highest BCUT2D eigenvalue weighted by Gasteiger charge is 2.35. The lowest BCUT2D eigenvalue weighted by molar-refractivity contribution is -0.117. The van der Waals surface area contributed by atoms with Crippen molar-refractivity contribution in [2.45, 2.75) is 32.4 Å². The van der Waals surface area contributed by atoms with E-state index in [2.05, 4.69) is 17.4 Å².